The monoisotopic (exact) mass is 147 g/mol. The molecule has 0 spiro atoms. The Bertz CT molecular complexity index is 166. The number of alkyl halides is 2. The quantitative estimate of drug-likeness (QED) is 0.489. The van der Waals surface area contributed by atoms with Gasteiger partial charge in [-0.15, -0.1) is 0 Å². The molecule has 0 atom stereocenters. The van der Waals surface area contributed by atoms with Gasteiger partial charge in [0.05, 0.1) is 0 Å². The number of aliphatic hydroxyl groups is 1. The van der Waals surface area contributed by atoms with Gasteiger partial charge in [-0.1, -0.05) is 0 Å². The highest BCUT2D eigenvalue weighted by molar-refractivity contribution is 7.90. The van der Waals surface area contributed by atoms with E-state index in [9.17, 15) is 17.2 Å². The molecule has 0 aliphatic heterocycles. The molecule has 0 bridgehead atoms. The van der Waals surface area contributed by atoms with Gasteiger partial charge in [0.15, 0.2) is 0 Å². The summed E-state index contributed by atoms with van der Waals surface area (Å²) in [6, 6.07) is 0. The Balaban J connectivity index is 4.53. The van der Waals surface area contributed by atoms with Crippen molar-refractivity contribution in [3.63, 3.8) is 0 Å². The smallest absolute Gasteiger partial charge is 0.322 e. The van der Waals surface area contributed by atoms with Crippen molar-refractivity contribution in [1.82, 2.24) is 0 Å². The van der Waals surface area contributed by atoms with Crippen LogP contribution in [0.2, 0.25) is 0 Å². The first kappa shape index (κ1) is 7.73. The molecule has 0 rings (SSSR count). The van der Waals surface area contributed by atoms with Crippen molar-refractivity contribution in [2.24, 2.45) is 5.14 Å². The van der Waals surface area contributed by atoms with E-state index in [2.05, 4.69) is 5.14 Å². The van der Waals surface area contributed by atoms with Crippen LogP contribution in [-0.2, 0) is 10.0 Å². The average molecular weight is 147 g/mol. The van der Waals surface area contributed by atoms with Crippen molar-refractivity contribution in [2.45, 2.75) is 5.44 Å². The highest BCUT2D eigenvalue weighted by atomic mass is 32.2. The van der Waals surface area contributed by atoms with E-state index in [-0.39, 0.29) is 0 Å². The number of nitrogens with two attached hydrogens (primary N) is 1. The Morgan fingerprint density at radius 2 is 1.62 bits per heavy atom. The van der Waals surface area contributed by atoms with Crippen LogP contribution >= 0.6 is 0 Å². The minimum atomic E-state index is -5.12. The molecule has 0 radical (unpaired) electrons. The molecular weight excluding hydrogens is 144 g/mol. The van der Waals surface area contributed by atoms with Crippen molar-refractivity contribution in [3.8, 4) is 0 Å². The number of hydrogen-bond acceptors (Lipinski definition) is 3. The maximum absolute atomic E-state index is 11.1. The van der Waals surface area contributed by atoms with Crippen LogP contribution in [0.3, 0.4) is 0 Å². The van der Waals surface area contributed by atoms with E-state index in [0.717, 1.165) is 0 Å². The molecule has 0 unspecified atom stereocenters. The maximum atomic E-state index is 11.1. The summed E-state index contributed by atoms with van der Waals surface area (Å²) in [6.07, 6.45) is 0. The highest BCUT2D eigenvalue weighted by Crippen LogP contribution is 2.12. The number of sulfonamides is 1. The van der Waals surface area contributed by atoms with Crippen molar-refractivity contribution < 1.29 is 22.3 Å². The van der Waals surface area contributed by atoms with Gasteiger partial charge in [-0.2, -0.15) is 8.78 Å². The summed E-state index contributed by atoms with van der Waals surface area (Å²) in [5.41, 5.74) is -4.81. The van der Waals surface area contributed by atoms with Crippen LogP contribution in [0, 0.1) is 0 Å². The minimum Gasteiger partial charge on any atom is -0.322 e. The maximum Gasteiger partial charge on any atom is 0.473 e. The molecule has 0 aromatic rings. The van der Waals surface area contributed by atoms with Crippen molar-refractivity contribution in [1.29, 1.82) is 0 Å². The molecular formula is CH3F2NO3S. The van der Waals surface area contributed by atoms with Crippen molar-refractivity contribution in [3.05, 3.63) is 0 Å². The Morgan fingerprint density at radius 3 is 1.62 bits per heavy atom. The first-order valence-electron chi connectivity index (χ1n) is 1.37. The Kier molecular flexibility index (Phi) is 1.55. The zero-order chi connectivity index (χ0) is 7.00. The fraction of sp³-hybridized carbons (Fsp3) is 1.00. The van der Waals surface area contributed by atoms with Crippen LogP contribution in [0.15, 0.2) is 0 Å². The summed E-state index contributed by atoms with van der Waals surface area (Å²) in [4.78, 5) is 0. The standard InChI is InChI=1S/CH3F2NO3S/c2-1(3,5)8(4,6)7/h5H,(H2,4,6,7). The largest absolute Gasteiger partial charge is 0.473 e. The molecule has 0 heterocycles. The second kappa shape index (κ2) is 1.61. The molecule has 0 aromatic carbocycles. The Labute approximate surface area is 44.0 Å². The van der Waals surface area contributed by atoms with Crippen LogP contribution in [0.4, 0.5) is 8.78 Å². The van der Waals surface area contributed by atoms with E-state index in [1.165, 1.54) is 0 Å². The van der Waals surface area contributed by atoms with Gasteiger partial charge in [0.1, 0.15) is 0 Å². The topological polar surface area (TPSA) is 80.4 Å². The van der Waals surface area contributed by atoms with Crippen LogP contribution in [0.25, 0.3) is 0 Å². The Morgan fingerprint density at radius 1 is 1.50 bits per heavy atom. The first-order valence-corrected chi connectivity index (χ1v) is 2.92. The molecule has 0 fully saturated rings. The van der Waals surface area contributed by atoms with Gasteiger partial charge in [-0.05, 0) is 0 Å². The van der Waals surface area contributed by atoms with E-state index in [1.807, 2.05) is 0 Å². The predicted molar refractivity (Wildman–Crippen MR) is 20.3 cm³/mol. The zero-order valence-electron chi connectivity index (χ0n) is 3.51. The lowest BCUT2D eigenvalue weighted by Gasteiger charge is -2.02. The SMILES string of the molecule is NS(=O)(=O)C(O)(F)F. The molecule has 0 saturated heterocycles. The fourth-order valence-corrected chi connectivity index (χ4v) is 0. The highest BCUT2D eigenvalue weighted by Gasteiger charge is 2.39. The van der Waals surface area contributed by atoms with Crippen LogP contribution in [-0.4, -0.2) is 19.0 Å². The molecule has 0 amide bonds. The second-order valence-electron chi connectivity index (χ2n) is 1.03. The Hall–Kier alpha value is -0.270. The third kappa shape index (κ3) is 1.68. The summed E-state index contributed by atoms with van der Waals surface area (Å²) >= 11 is 0. The summed E-state index contributed by atoms with van der Waals surface area (Å²) in [6.45, 7) is 0. The van der Waals surface area contributed by atoms with Gasteiger partial charge in [0, 0.05) is 0 Å². The second-order valence-corrected chi connectivity index (χ2v) is 2.61. The molecule has 0 aliphatic carbocycles. The van der Waals surface area contributed by atoms with E-state index in [4.69, 9.17) is 5.11 Å². The number of rotatable bonds is 1. The number of primary sulfonamides is 1. The van der Waals surface area contributed by atoms with E-state index >= 15 is 0 Å². The van der Waals surface area contributed by atoms with Crippen LogP contribution in [0.1, 0.15) is 0 Å². The van der Waals surface area contributed by atoms with Crippen LogP contribution in [0.5, 0.6) is 0 Å². The van der Waals surface area contributed by atoms with E-state index < -0.39 is 15.5 Å². The van der Waals surface area contributed by atoms with Crippen LogP contribution < -0.4 is 5.14 Å². The molecule has 0 aliphatic rings. The van der Waals surface area contributed by atoms with Gasteiger partial charge in [0.2, 0.25) is 0 Å². The summed E-state index contributed by atoms with van der Waals surface area (Å²) < 4.78 is 41.0. The normalized spacial score (nSPS) is 14.0. The van der Waals surface area contributed by atoms with E-state index in [0.29, 0.717) is 0 Å². The van der Waals surface area contributed by atoms with Gasteiger partial charge >= 0.3 is 15.5 Å². The summed E-state index contributed by atoms with van der Waals surface area (Å²) in [5, 5.41) is 11.1. The van der Waals surface area contributed by atoms with E-state index in [1.54, 1.807) is 0 Å². The molecule has 8 heavy (non-hydrogen) atoms. The van der Waals surface area contributed by atoms with Crippen molar-refractivity contribution in [2.75, 3.05) is 0 Å². The lowest BCUT2D eigenvalue weighted by molar-refractivity contribution is -0.120. The summed E-state index contributed by atoms with van der Waals surface area (Å²) in [7, 11) is -5.12. The van der Waals surface area contributed by atoms with Gasteiger partial charge in [-0.25, -0.2) is 13.6 Å². The number of hydrogen-bond donors (Lipinski definition) is 2. The summed E-state index contributed by atoms with van der Waals surface area (Å²) in [5.74, 6) is 0. The number of halogens is 2. The molecule has 0 aromatic heterocycles. The van der Waals surface area contributed by atoms with Gasteiger partial charge < -0.3 is 5.11 Å². The zero-order valence-corrected chi connectivity index (χ0v) is 4.32. The third-order valence-electron chi connectivity index (χ3n) is 0.342. The molecule has 0 saturated carbocycles. The lowest BCUT2D eigenvalue weighted by Crippen LogP contribution is -2.34. The van der Waals surface area contributed by atoms with Crippen molar-refractivity contribution >= 4 is 10.0 Å². The molecule has 7 heteroatoms. The lowest BCUT2D eigenvalue weighted by atomic mass is 11.5. The minimum absolute atomic E-state index is 3.78. The third-order valence-corrected chi connectivity index (χ3v) is 1.03. The fourth-order valence-electron chi connectivity index (χ4n) is 0. The molecule has 50 valence electrons. The van der Waals surface area contributed by atoms with Gasteiger partial charge in [-0.3, -0.25) is 0 Å². The molecule has 4 nitrogen and oxygen atoms in total. The molecule has 3 N–H and O–H groups in total. The average Bonchev–Trinajstić information content (AvgIpc) is 1.25. The predicted octanol–water partition coefficient (Wildman–Crippen LogP) is -1.18. The first-order chi connectivity index (χ1) is 3.25. The van der Waals surface area contributed by atoms with Gasteiger partial charge in [0.25, 0.3) is 0 Å².